The molecule has 0 saturated carbocycles. The van der Waals surface area contributed by atoms with Crippen LogP contribution in [0.25, 0.3) is 0 Å². The smallest absolute Gasteiger partial charge is 0.341 e. The standard InChI is InChI=1S/C12H16N2O5/c1-3-19-10(15)8-5-4-6-13-9(8)14-7-12(2,18)11(16)17/h4-6,18H,3,7H2,1-2H3,(H,13,14)(H,16,17). The highest BCUT2D eigenvalue weighted by Gasteiger charge is 2.30. The molecule has 0 spiro atoms. The molecule has 104 valence electrons. The topological polar surface area (TPSA) is 109 Å². The number of nitrogens with one attached hydrogen (secondary N) is 1. The van der Waals surface area contributed by atoms with Crippen molar-refractivity contribution in [2.75, 3.05) is 18.5 Å². The zero-order valence-electron chi connectivity index (χ0n) is 10.7. The molecule has 0 aliphatic heterocycles. The van der Waals surface area contributed by atoms with E-state index in [2.05, 4.69) is 10.3 Å². The SMILES string of the molecule is CCOC(=O)c1cccnc1NCC(C)(O)C(=O)O. The van der Waals surface area contributed by atoms with Crippen LogP contribution in [0.1, 0.15) is 24.2 Å². The van der Waals surface area contributed by atoms with Crippen LogP contribution in [0.2, 0.25) is 0 Å². The van der Waals surface area contributed by atoms with Gasteiger partial charge in [0.15, 0.2) is 5.60 Å². The third-order valence-electron chi connectivity index (χ3n) is 2.36. The third kappa shape index (κ3) is 3.92. The maximum Gasteiger partial charge on any atom is 0.341 e. The van der Waals surface area contributed by atoms with Gasteiger partial charge in [-0.1, -0.05) is 0 Å². The molecule has 19 heavy (non-hydrogen) atoms. The largest absolute Gasteiger partial charge is 0.479 e. The van der Waals surface area contributed by atoms with E-state index < -0.39 is 17.5 Å². The van der Waals surface area contributed by atoms with Crippen LogP contribution in [0.5, 0.6) is 0 Å². The molecular formula is C12H16N2O5. The van der Waals surface area contributed by atoms with Gasteiger partial charge in [-0.15, -0.1) is 0 Å². The summed E-state index contributed by atoms with van der Waals surface area (Å²) in [5.74, 6) is -1.76. The van der Waals surface area contributed by atoms with Crippen molar-refractivity contribution in [2.45, 2.75) is 19.4 Å². The number of carboxylic acid groups (broad SMARTS) is 1. The second-order valence-electron chi connectivity index (χ2n) is 4.05. The van der Waals surface area contributed by atoms with Gasteiger partial charge >= 0.3 is 11.9 Å². The minimum atomic E-state index is -1.95. The normalized spacial score (nSPS) is 13.4. The Kier molecular flexibility index (Phi) is 4.82. The van der Waals surface area contributed by atoms with Crippen LogP contribution in [-0.4, -0.2) is 45.9 Å². The Morgan fingerprint density at radius 2 is 2.21 bits per heavy atom. The van der Waals surface area contributed by atoms with Crippen LogP contribution in [0.3, 0.4) is 0 Å². The molecule has 3 N–H and O–H groups in total. The minimum absolute atomic E-state index is 0.169. The van der Waals surface area contributed by atoms with Gasteiger partial charge in [-0.2, -0.15) is 0 Å². The summed E-state index contributed by atoms with van der Waals surface area (Å²) >= 11 is 0. The fraction of sp³-hybridized carbons (Fsp3) is 0.417. The van der Waals surface area contributed by atoms with Crippen LogP contribution >= 0.6 is 0 Å². The van der Waals surface area contributed by atoms with E-state index in [0.717, 1.165) is 6.92 Å². The number of nitrogens with zero attached hydrogens (tertiary/aromatic N) is 1. The number of aliphatic hydroxyl groups is 1. The molecule has 0 amide bonds. The van der Waals surface area contributed by atoms with Crippen molar-refractivity contribution in [2.24, 2.45) is 0 Å². The molecule has 0 fully saturated rings. The monoisotopic (exact) mass is 268 g/mol. The van der Waals surface area contributed by atoms with Crippen molar-refractivity contribution in [1.82, 2.24) is 4.98 Å². The fourth-order valence-corrected chi connectivity index (χ4v) is 1.25. The first-order valence-corrected chi connectivity index (χ1v) is 5.70. The number of hydrogen-bond acceptors (Lipinski definition) is 6. The van der Waals surface area contributed by atoms with E-state index >= 15 is 0 Å². The van der Waals surface area contributed by atoms with Crippen LogP contribution in [0.15, 0.2) is 18.3 Å². The molecule has 0 bridgehead atoms. The van der Waals surface area contributed by atoms with Crippen LogP contribution in [-0.2, 0) is 9.53 Å². The Morgan fingerprint density at radius 1 is 1.53 bits per heavy atom. The molecule has 1 rings (SSSR count). The lowest BCUT2D eigenvalue weighted by Crippen LogP contribution is -2.42. The highest BCUT2D eigenvalue weighted by molar-refractivity contribution is 5.94. The molecule has 0 aliphatic carbocycles. The molecule has 0 aliphatic rings. The van der Waals surface area contributed by atoms with E-state index in [-0.39, 0.29) is 24.5 Å². The maximum atomic E-state index is 11.6. The summed E-state index contributed by atoms with van der Waals surface area (Å²) in [6, 6.07) is 3.07. The maximum absolute atomic E-state index is 11.6. The summed E-state index contributed by atoms with van der Waals surface area (Å²) in [5.41, 5.74) is -1.77. The molecule has 1 aromatic rings. The molecule has 1 aromatic heterocycles. The van der Waals surface area contributed by atoms with Crippen molar-refractivity contribution in [3.63, 3.8) is 0 Å². The Balaban J connectivity index is 2.84. The van der Waals surface area contributed by atoms with E-state index in [1.165, 1.54) is 12.3 Å². The molecular weight excluding hydrogens is 252 g/mol. The summed E-state index contributed by atoms with van der Waals surface area (Å²) in [6.07, 6.45) is 1.44. The molecule has 0 radical (unpaired) electrons. The lowest BCUT2D eigenvalue weighted by Gasteiger charge is -2.19. The van der Waals surface area contributed by atoms with Gasteiger partial charge in [0, 0.05) is 6.20 Å². The number of carboxylic acids is 1. The lowest BCUT2D eigenvalue weighted by atomic mass is 10.1. The Morgan fingerprint density at radius 3 is 2.79 bits per heavy atom. The predicted octanol–water partition coefficient (Wildman–Crippen LogP) is 0.506. The minimum Gasteiger partial charge on any atom is -0.479 e. The molecule has 0 aromatic carbocycles. The summed E-state index contributed by atoms with van der Waals surface area (Å²) in [7, 11) is 0. The number of anilines is 1. The Hall–Kier alpha value is -2.15. The number of ether oxygens (including phenoxy) is 1. The Labute approximate surface area is 110 Å². The van der Waals surface area contributed by atoms with Gasteiger partial charge in [-0.05, 0) is 26.0 Å². The average molecular weight is 268 g/mol. The van der Waals surface area contributed by atoms with Crippen molar-refractivity contribution in [3.8, 4) is 0 Å². The first-order valence-electron chi connectivity index (χ1n) is 5.70. The second-order valence-corrected chi connectivity index (χ2v) is 4.05. The number of esters is 1. The van der Waals surface area contributed by atoms with Gasteiger partial charge in [0.25, 0.3) is 0 Å². The molecule has 0 saturated heterocycles. The first kappa shape index (κ1) is 14.9. The van der Waals surface area contributed by atoms with Gasteiger partial charge in [-0.3, -0.25) is 0 Å². The van der Waals surface area contributed by atoms with E-state index in [4.69, 9.17) is 9.84 Å². The summed E-state index contributed by atoms with van der Waals surface area (Å²) in [4.78, 5) is 26.3. The van der Waals surface area contributed by atoms with Crippen molar-refractivity contribution >= 4 is 17.8 Å². The van der Waals surface area contributed by atoms with E-state index in [1.54, 1.807) is 13.0 Å². The van der Waals surface area contributed by atoms with Gasteiger partial charge < -0.3 is 20.3 Å². The highest BCUT2D eigenvalue weighted by atomic mass is 16.5. The number of hydrogen-bond donors (Lipinski definition) is 3. The van der Waals surface area contributed by atoms with Gasteiger partial charge in [-0.25, -0.2) is 14.6 Å². The first-order chi connectivity index (χ1) is 8.88. The van der Waals surface area contributed by atoms with Crippen molar-refractivity contribution in [3.05, 3.63) is 23.9 Å². The quantitative estimate of drug-likeness (QED) is 0.645. The summed E-state index contributed by atoms with van der Waals surface area (Å²) < 4.78 is 4.85. The molecule has 7 heteroatoms. The molecule has 1 heterocycles. The number of rotatable bonds is 6. The van der Waals surface area contributed by atoms with E-state index in [1.807, 2.05) is 0 Å². The van der Waals surface area contributed by atoms with E-state index in [0.29, 0.717) is 0 Å². The number of pyridine rings is 1. The predicted molar refractivity (Wildman–Crippen MR) is 66.9 cm³/mol. The van der Waals surface area contributed by atoms with Crippen molar-refractivity contribution < 1.29 is 24.5 Å². The number of aliphatic carboxylic acids is 1. The summed E-state index contributed by atoms with van der Waals surface area (Å²) in [5, 5.41) is 21.0. The van der Waals surface area contributed by atoms with Gasteiger partial charge in [0.05, 0.1) is 13.2 Å². The third-order valence-corrected chi connectivity index (χ3v) is 2.36. The van der Waals surface area contributed by atoms with Gasteiger partial charge in [0.1, 0.15) is 11.4 Å². The zero-order valence-corrected chi connectivity index (χ0v) is 10.7. The van der Waals surface area contributed by atoms with Crippen LogP contribution in [0, 0.1) is 0 Å². The molecule has 1 atom stereocenters. The average Bonchev–Trinajstić information content (AvgIpc) is 2.37. The summed E-state index contributed by atoms with van der Waals surface area (Å²) in [6.45, 7) is 2.76. The van der Waals surface area contributed by atoms with Crippen molar-refractivity contribution in [1.29, 1.82) is 0 Å². The van der Waals surface area contributed by atoms with Gasteiger partial charge in [0.2, 0.25) is 0 Å². The zero-order chi connectivity index (χ0) is 14.5. The fourth-order valence-electron chi connectivity index (χ4n) is 1.25. The lowest BCUT2D eigenvalue weighted by molar-refractivity contribution is -0.155. The number of carbonyl (C=O) groups is 2. The van der Waals surface area contributed by atoms with Crippen LogP contribution in [0.4, 0.5) is 5.82 Å². The molecule has 7 nitrogen and oxygen atoms in total. The Bertz CT molecular complexity index is 473. The second kappa shape index (κ2) is 6.14. The molecule has 1 unspecified atom stereocenters. The number of carbonyl (C=O) groups excluding carboxylic acids is 1. The van der Waals surface area contributed by atoms with E-state index in [9.17, 15) is 14.7 Å². The number of aromatic nitrogens is 1. The van der Waals surface area contributed by atoms with Crippen LogP contribution < -0.4 is 5.32 Å². The highest BCUT2D eigenvalue weighted by Crippen LogP contribution is 2.14.